The molecule has 0 fully saturated rings. The maximum atomic E-state index is 2.34. The Morgan fingerprint density at radius 2 is 1.88 bits per heavy atom. The highest BCUT2D eigenvalue weighted by atomic mass is 32.2. The van der Waals surface area contributed by atoms with E-state index in [1.807, 2.05) is 0 Å². The standard InChI is InChI=1S/C13H15P3/c1-2-7-11-14-16-15-13(10-6-1)12-8-4-3-5-9-12/h3-6,8-10H,1-2,7,11H2/b10-6-. The van der Waals surface area contributed by atoms with Crippen molar-refractivity contribution in [1.29, 1.82) is 0 Å². The summed E-state index contributed by atoms with van der Waals surface area (Å²) in [5, 5.41) is 1.47. The van der Waals surface area contributed by atoms with Gasteiger partial charge in [0.15, 0.2) is 0 Å². The first-order chi connectivity index (χ1) is 7.97. The van der Waals surface area contributed by atoms with Crippen LogP contribution in [0.25, 0.3) is 0 Å². The SMILES string of the molecule is C1=C\C(c2ccccc2)=PP=PCCCC/1. The molecule has 2 rings (SSSR count). The molecule has 0 aromatic heterocycles. The summed E-state index contributed by atoms with van der Waals surface area (Å²) in [5.41, 5.74) is 1.38. The molecular weight excluding hydrogens is 249 g/mol. The minimum atomic E-state index is 1.23. The number of hydrogen-bond donors (Lipinski definition) is 0. The lowest BCUT2D eigenvalue weighted by atomic mass is 10.1. The first kappa shape index (κ1) is 12.2. The molecule has 0 saturated carbocycles. The van der Waals surface area contributed by atoms with Gasteiger partial charge < -0.3 is 0 Å². The zero-order chi connectivity index (χ0) is 11.1. The molecule has 0 saturated heterocycles. The van der Waals surface area contributed by atoms with E-state index in [-0.39, 0.29) is 0 Å². The molecule has 1 aliphatic rings. The third kappa shape index (κ3) is 3.95. The fourth-order valence-electron chi connectivity index (χ4n) is 1.56. The van der Waals surface area contributed by atoms with Crippen molar-refractivity contribution in [2.75, 3.05) is 6.16 Å². The minimum Gasteiger partial charge on any atom is -0.0836 e. The Balaban J connectivity index is 2.25. The monoisotopic (exact) mass is 264 g/mol. The second-order valence-electron chi connectivity index (χ2n) is 3.70. The van der Waals surface area contributed by atoms with Gasteiger partial charge in [-0.05, 0) is 46.4 Å². The molecule has 16 heavy (non-hydrogen) atoms. The molecule has 0 spiro atoms. The average Bonchev–Trinajstić information content (AvgIpc) is 2.37. The molecule has 1 aromatic rings. The van der Waals surface area contributed by atoms with Gasteiger partial charge in [-0.1, -0.05) is 50.4 Å². The third-order valence-corrected chi connectivity index (χ3v) is 7.63. The molecule has 0 amide bonds. The van der Waals surface area contributed by atoms with Crippen LogP contribution in [0.3, 0.4) is 0 Å². The molecule has 0 nitrogen and oxygen atoms in total. The van der Waals surface area contributed by atoms with Gasteiger partial charge in [0.2, 0.25) is 0 Å². The van der Waals surface area contributed by atoms with E-state index in [1.54, 1.807) is 7.87 Å². The van der Waals surface area contributed by atoms with E-state index in [1.165, 1.54) is 51.7 Å². The molecule has 0 aliphatic carbocycles. The van der Waals surface area contributed by atoms with Crippen LogP contribution in [0.15, 0.2) is 42.5 Å². The van der Waals surface area contributed by atoms with Gasteiger partial charge in [-0.3, -0.25) is 0 Å². The molecule has 1 aromatic carbocycles. The van der Waals surface area contributed by atoms with E-state index in [9.17, 15) is 0 Å². The van der Waals surface area contributed by atoms with Crippen LogP contribution in [0.4, 0.5) is 0 Å². The highest BCUT2D eigenvalue weighted by Crippen LogP contribution is 2.33. The molecule has 1 aliphatic heterocycles. The predicted octanol–water partition coefficient (Wildman–Crippen LogP) is 5.62. The Bertz CT molecular complexity index is 404. The number of benzene rings is 1. The van der Waals surface area contributed by atoms with Crippen LogP contribution in [0, 0.1) is 0 Å². The van der Waals surface area contributed by atoms with E-state index in [0.29, 0.717) is 0 Å². The summed E-state index contributed by atoms with van der Waals surface area (Å²) < 4.78 is 0. The van der Waals surface area contributed by atoms with Crippen LogP contribution in [-0.4, -0.2) is 11.5 Å². The van der Waals surface area contributed by atoms with Crippen molar-refractivity contribution in [2.24, 2.45) is 0 Å². The lowest BCUT2D eigenvalue weighted by Gasteiger charge is -2.01. The Kier molecular flexibility index (Phi) is 5.44. The molecule has 3 heteroatoms. The lowest BCUT2D eigenvalue weighted by molar-refractivity contribution is 0.823. The molecular formula is C13H15P3. The normalized spacial score (nSPS) is 21.9. The smallest absolute Gasteiger partial charge is 0.0136 e. The predicted molar refractivity (Wildman–Crippen MR) is 79.2 cm³/mol. The van der Waals surface area contributed by atoms with Gasteiger partial charge in [0, 0.05) is 5.29 Å². The van der Waals surface area contributed by atoms with Crippen molar-refractivity contribution >= 4 is 28.6 Å². The molecule has 0 unspecified atom stereocenters. The summed E-state index contributed by atoms with van der Waals surface area (Å²) in [5.74, 6) is 0. The summed E-state index contributed by atoms with van der Waals surface area (Å²) >= 11 is 0. The average molecular weight is 264 g/mol. The molecule has 0 radical (unpaired) electrons. The van der Waals surface area contributed by atoms with Crippen LogP contribution in [-0.2, 0) is 0 Å². The van der Waals surface area contributed by atoms with Crippen LogP contribution >= 0.6 is 23.3 Å². The largest absolute Gasteiger partial charge is 0.0836 e. The van der Waals surface area contributed by atoms with Gasteiger partial charge in [0.25, 0.3) is 0 Å². The molecule has 0 N–H and O–H groups in total. The van der Waals surface area contributed by atoms with Gasteiger partial charge >= 0.3 is 0 Å². The fourth-order valence-corrected chi connectivity index (χ4v) is 6.57. The number of allylic oxidation sites excluding steroid dienone is 2. The summed E-state index contributed by atoms with van der Waals surface area (Å²) in [6, 6.07) is 10.8. The Morgan fingerprint density at radius 1 is 1.00 bits per heavy atom. The van der Waals surface area contributed by atoms with Crippen molar-refractivity contribution in [3.63, 3.8) is 0 Å². The number of hydrogen-bond acceptors (Lipinski definition) is 0. The van der Waals surface area contributed by atoms with Gasteiger partial charge in [-0.15, -0.1) is 0 Å². The van der Waals surface area contributed by atoms with Crippen molar-refractivity contribution in [3.8, 4) is 0 Å². The first-order valence-electron chi connectivity index (χ1n) is 5.63. The summed E-state index contributed by atoms with van der Waals surface area (Å²) in [6.45, 7) is 0. The molecule has 82 valence electrons. The highest BCUT2D eigenvalue weighted by molar-refractivity contribution is 8.24. The first-order valence-corrected chi connectivity index (χ1v) is 9.91. The van der Waals surface area contributed by atoms with Crippen LogP contribution in [0.2, 0.25) is 0 Å². The Hall–Kier alpha value is -0.270. The molecule has 1 heterocycles. The van der Waals surface area contributed by atoms with E-state index < -0.39 is 0 Å². The maximum absolute atomic E-state index is 2.34. The van der Waals surface area contributed by atoms with Crippen LogP contribution in [0.1, 0.15) is 24.8 Å². The zero-order valence-electron chi connectivity index (χ0n) is 9.21. The Morgan fingerprint density at radius 3 is 2.75 bits per heavy atom. The molecule has 0 atom stereocenters. The number of rotatable bonds is 1. The second kappa shape index (κ2) is 7.13. The molecule has 0 bridgehead atoms. The van der Waals surface area contributed by atoms with Crippen LogP contribution < -0.4 is 0 Å². The van der Waals surface area contributed by atoms with Gasteiger partial charge in [-0.25, -0.2) is 0 Å². The topological polar surface area (TPSA) is 0 Å². The van der Waals surface area contributed by atoms with Crippen molar-refractivity contribution in [2.45, 2.75) is 19.3 Å². The van der Waals surface area contributed by atoms with Gasteiger partial charge in [-0.2, -0.15) is 0 Å². The minimum absolute atomic E-state index is 1.23. The van der Waals surface area contributed by atoms with E-state index >= 15 is 0 Å². The van der Waals surface area contributed by atoms with E-state index in [0.717, 1.165) is 0 Å². The summed E-state index contributed by atoms with van der Waals surface area (Å²) in [6.07, 6.45) is 9.99. The van der Waals surface area contributed by atoms with Gasteiger partial charge in [0.05, 0.1) is 0 Å². The van der Waals surface area contributed by atoms with Crippen molar-refractivity contribution < 1.29 is 0 Å². The van der Waals surface area contributed by atoms with E-state index in [4.69, 9.17) is 0 Å². The Labute approximate surface area is 102 Å². The van der Waals surface area contributed by atoms with E-state index in [2.05, 4.69) is 42.5 Å². The summed E-state index contributed by atoms with van der Waals surface area (Å²) in [4.78, 5) is 0. The van der Waals surface area contributed by atoms with Gasteiger partial charge in [0.1, 0.15) is 0 Å². The fraction of sp³-hybridized carbons (Fsp3) is 0.308. The highest BCUT2D eigenvalue weighted by Gasteiger charge is 1.97. The van der Waals surface area contributed by atoms with Crippen LogP contribution in [0.5, 0.6) is 0 Å². The lowest BCUT2D eigenvalue weighted by Crippen LogP contribution is -1.91. The maximum Gasteiger partial charge on any atom is 0.0136 e. The quantitative estimate of drug-likeness (QED) is 0.578. The third-order valence-electron chi connectivity index (χ3n) is 2.44. The van der Waals surface area contributed by atoms with Crippen molar-refractivity contribution in [1.82, 2.24) is 0 Å². The summed E-state index contributed by atoms with van der Waals surface area (Å²) in [7, 11) is 4.57. The second-order valence-corrected chi connectivity index (χ2v) is 8.89. The zero-order valence-corrected chi connectivity index (χ0v) is 11.9. The van der Waals surface area contributed by atoms with Crippen molar-refractivity contribution in [3.05, 3.63) is 48.0 Å².